The van der Waals surface area contributed by atoms with Gasteiger partial charge in [-0.05, 0) is 19.1 Å². The second-order valence-electron chi connectivity index (χ2n) is 3.84. The summed E-state index contributed by atoms with van der Waals surface area (Å²) in [6.45, 7) is 2.42. The molecule has 1 rings (SSSR count). The van der Waals surface area contributed by atoms with Gasteiger partial charge in [0.2, 0.25) is 0 Å². The van der Waals surface area contributed by atoms with E-state index in [1.54, 1.807) is 13.2 Å². The molecule has 0 heterocycles. The van der Waals surface area contributed by atoms with E-state index in [1.165, 1.54) is 13.2 Å². The van der Waals surface area contributed by atoms with Crippen LogP contribution in [0.1, 0.15) is 17.3 Å². The molecule has 1 atom stereocenters. The van der Waals surface area contributed by atoms with Gasteiger partial charge < -0.3 is 20.5 Å². The van der Waals surface area contributed by atoms with Crippen LogP contribution < -0.4 is 11.1 Å². The number of hydrogen-bond donors (Lipinski definition) is 2. The molecule has 5 nitrogen and oxygen atoms in total. The Morgan fingerprint density at radius 1 is 1.50 bits per heavy atom. The fourth-order valence-corrected chi connectivity index (χ4v) is 1.70. The highest BCUT2D eigenvalue weighted by Crippen LogP contribution is 2.29. The highest BCUT2D eigenvalue weighted by molar-refractivity contribution is 6.34. The largest absolute Gasteiger partial charge is 0.465 e. The molecule has 6 heteroatoms. The van der Waals surface area contributed by atoms with E-state index < -0.39 is 5.97 Å². The Bertz CT molecular complexity index is 438. The topological polar surface area (TPSA) is 73.6 Å². The van der Waals surface area contributed by atoms with Gasteiger partial charge in [0.05, 0.1) is 29.5 Å². The summed E-state index contributed by atoms with van der Waals surface area (Å²) < 4.78 is 9.81. The molecule has 0 saturated heterocycles. The van der Waals surface area contributed by atoms with E-state index in [0.717, 1.165) is 0 Å². The Morgan fingerprint density at radius 3 is 2.72 bits per heavy atom. The average molecular weight is 273 g/mol. The molecule has 0 amide bonds. The van der Waals surface area contributed by atoms with Gasteiger partial charge in [-0.1, -0.05) is 11.6 Å². The summed E-state index contributed by atoms with van der Waals surface area (Å²) in [6, 6.07) is 3.10. The van der Waals surface area contributed by atoms with Crippen LogP contribution in [0.5, 0.6) is 0 Å². The Kier molecular flexibility index (Phi) is 5.25. The molecule has 0 spiro atoms. The highest BCUT2D eigenvalue weighted by atomic mass is 35.5. The van der Waals surface area contributed by atoms with Gasteiger partial charge in [0, 0.05) is 19.3 Å². The second kappa shape index (κ2) is 6.47. The van der Waals surface area contributed by atoms with Gasteiger partial charge in [-0.3, -0.25) is 0 Å². The number of hydrogen-bond acceptors (Lipinski definition) is 5. The van der Waals surface area contributed by atoms with Crippen molar-refractivity contribution in [3.63, 3.8) is 0 Å². The Hall–Kier alpha value is -1.46. The number of methoxy groups -OCH3 is 2. The average Bonchev–Trinajstić information content (AvgIpc) is 2.35. The third-order valence-corrected chi connectivity index (χ3v) is 2.78. The summed E-state index contributed by atoms with van der Waals surface area (Å²) in [5, 5.41) is 3.44. The minimum absolute atomic E-state index is 0.0101. The van der Waals surface area contributed by atoms with E-state index in [0.29, 0.717) is 28.5 Å². The van der Waals surface area contributed by atoms with Crippen LogP contribution in [-0.4, -0.2) is 32.8 Å². The predicted octanol–water partition coefficient (Wildman–Crippen LogP) is 2.16. The van der Waals surface area contributed by atoms with E-state index >= 15 is 0 Å². The molecule has 1 unspecified atom stereocenters. The quantitative estimate of drug-likeness (QED) is 0.635. The molecule has 18 heavy (non-hydrogen) atoms. The fraction of sp³-hybridized carbons (Fsp3) is 0.417. The predicted molar refractivity (Wildman–Crippen MR) is 72.2 cm³/mol. The molecule has 1 aromatic rings. The number of halogens is 1. The van der Waals surface area contributed by atoms with Crippen LogP contribution in [0.3, 0.4) is 0 Å². The molecular weight excluding hydrogens is 256 g/mol. The fourth-order valence-electron chi connectivity index (χ4n) is 1.41. The zero-order valence-electron chi connectivity index (χ0n) is 10.6. The van der Waals surface area contributed by atoms with E-state index in [-0.39, 0.29) is 6.10 Å². The van der Waals surface area contributed by atoms with E-state index in [9.17, 15) is 4.79 Å². The molecule has 0 aliphatic rings. The highest BCUT2D eigenvalue weighted by Gasteiger charge is 2.16. The monoisotopic (exact) mass is 272 g/mol. The second-order valence-corrected chi connectivity index (χ2v) is 4.25. The maximum atomic E-state index is 11.6. The minimum Gasteiger partial charge on any atom is -0.465 e. The van der Waals surface area contributed by atoms with Gasteiger partial charge in [0.1, 0.15) is 0 Å². The van der Waals surface area contributed by atoms with Crippen LogP contribution in [0, 0.1) is 0 Å². The normalized spacial score (nSPS) is 12.0. The summed E-state index contributed by atoms with van der Waals surface area (Å²) >= 11 is 6.07. The van der Waals surface area contributed by atoms with Crippen molar-refractivity contribution in [2.45, 2.75) is 13.0 Å². The Labute approximate surface area is 111 Å². The van der Waals surface area contributed by atoms with Crippen LogP contribution >= 0.6 is 11.6 Å². The summed E-state index contributed by atoms with van der Waals surface area (Å²) in [7, 11) is 2.92. The summed E-state index contributed by atoms with van der Waals surface area (Å²) in [4.78, 5) is 11.6. The lowest BCUT2D eigenvalue weighted by Crippen LogP contribution is -2.20. The summed E-state index contributed by atoms with van der Waals surface area (Å²) in [5.74, 6) is -0.489. The van der Waals surface area contributed by atoms with Crippen molar-refractivity contribution in [3.8, 4) is 0 Å². The first-order chi connectivity index (χ1) is 8.49. The molecule has 0 radical (unpaired) electrons. The van der Waals surface area contributed by atoms with Crippen molar-refractivity contribution in [1.82, 2.24) is 0 Å². The molecule has 0 bridgehead atoms. The van der Waals surface area contributed by atoms with Crippen molar-refractivity contribution in [3.05, 3.63) is 22.7 Å². The lowest BCUT2D eigenvalue weighted by molar-refractivity contribution is 0.0601. The molecule has 0 aliphatic carbocycles. The first kappa shape index (κ1) is 14.6. The van der Waals surface area contributed by atoms with Crippen molar-refractivity contribution in [2.75, 3.05) is 31.8 Å². The van der Waals surface area contributed by atoms with Gasteiger partial charge in [-0.25, -0.2) is 4.79 Å². The van der Waals surface area contributed by atoms with E-state index in [4.69, 9.17) is 26.8 Å². The SMILES string of the molecule is COC(=O)c1cc(N)cc(Cl)c1NCC(C)OC. The van der Waals surface area contributed by atoms with Crippen molar-refractivity contribution < 1.29 is 14.3 Å². The molecular formula is C12H17ClN2O3. The first-order valence-electron chi connectivity index (χ1n) is 5.43. The number of nitrogens with one attached hydrogen (secondary N) is 1. The van der Waals surface area contributed by atoms with Gasteiger partial charge in [0.15, 0.2) is 0 Å². The first-order valence-corrected chi connectivity index (χ1v) is 5.81. The maximum absolute atomic E-state index is 11.6. The number of ether oxygens (including phenoxy) is 2. The third kappa shape index (κ3) is 3.51. The number of carbonyl (C=O) groups is 1. The Morgan fingerprint density at radius 2 is 2.17 bits per heavy atom. The standard InChI is InChI=1S/C12H17ClN2O3/c1-7(17-2)6-15-11-9(12(16)18-3)4-8(14)5-10(11)13/h4-5,7,15H,6,14H2,1-3H3. The third-order valence-electron chi connectivity index (χ3n) is 2.49. The summed E-state index contributed by atoms with van der Waals surface area (Å²) in [5.41, 5.74) is 6.88. The van der Waals surface area contributed by atoms with Gasteiger partial charge in [-0.15, -0.1) is 0 Å². The van der Waals surface area contributed by atoms with E-state index in [1.807, 2.05) is 6.92 Å². The number of benzene rings is 1. The number of nitrogens with two attached hydrogens (primary N) is 1. The number of carbonyl (C=O) groups excluding carboxylic acids is 1. The molecule has 100 valence electrons. The van der Waals surface area contributed by atoms with Crippen molar-refractivity contribution in [2.24, 2.45) is 0 Å². The smallest absolute Gasteiger partial charge is 0.340 e. The molecule has 0 aliphatic heterocycles. The number of esters is 1. The van der Waals surface area contributed by atoms with Crippen LogP contribution in [0.4, 0.5) is 11.4 Å². The van der Waals surface area contributed by atoms with Gasteiger partial charge in [-0.2, -0.15) is 0 Å². The molecule has 0 fully saturated rings. The number of anilines is 2. The van der Waals surface area contributed by atoms with E-state index in [2.05, 4.69) is 5.32 Å². The van der Waals surface area contributed by atoms with Crippen LogP contribution in [0.25, 0.3) is 0 Å². The molecule has 1 aromatic carbocycles. The minimum atomic E-state index is -0.489. The zero-order valence-corrected chi connectivity index (χ0v) is 11.4. The Balaban J connectivity index is 3.04. The van der Waals surface area contributed by atoms with Crippen molar-refractivity contribution >= 4 is 28.9 Å². The maximum Gasteiger partial charge on any atom is 0.340 e. The van der Waals surface area contributed by atoms with Crippen LogP contribution in [-0.2, 0) is 9.47 Å². The molecule has 0 saturated carbocycles. The van der Waals surface area contributed by atoms with Crippen LogP contribution in [0.15, 0.2) is 12.1 Å². The van der Waals surface area contributed by atoms with Gasteiger partial charge in [0.25, 0.3) is 0 Å². The number of nitrogen functional groups attached to an aromatic ring is 1. The molecule has 3 N–H and O–H groups in total. The van der Waals surface area contributed by atoms with Crippen LogP contribution in [0.2, 0.25) is 5.02 Å². The van der Waals surface area contributed by atoms with Gasteiger partial charge >= 0.3 is 5.97 Å². The molecule has 0 aromatic heterocycles. The van der Waals surface area contributed by atoms with Crippen molar-refractivity contribution in [1.29, 1.82) is 0 Å². The lowest BCUT2D eigenvalue weighted by Gasteiger charge is -2.16. The summed E-state index contributed by atoms with van der Waals surface area (Å²) in [6.07, 6.45) is -0.0101. The number of rotatable bonds is 5. The lowest BCUT2D eigenvalue weighted by atomic mass is 10.1. The zero-order chi connectivity index (χ0) is 13.7.